The summed E-state index contributed by atoms with van der Waals surface area (Å²) in [6, 6.07) is 7.14. The highest BCUT2D eigenvalue weighted by Gasteiger charge is 2.18. The van der Waals surface area contributed by atoms with E-state index in [0.29, 0.717) is 17.4 Å². The van der Waals surface area contributed by atoms with Gasteiger partial charge in [-0.3, -0.25) is 9.59 Å². The molecule has 0 bridgehead atoms. The summed E-state index contributed by atoms with van der Waals surface area (Å²) >= 11 is 0. The lowest BCUT2D eigenvalue weighted by Gasteiger charge is -2.14. The number of pyridine rings is 1. The molecule has 0 radical (unpaired) electrons. The summed E-state index contributed by atoms with van der Waals surface area (Å²) in [5.74, 6) is -0.640. The maximum Gasteiger partial charge on any atom is 0.310 e. The van der Waals surface area contributed by atoms with Crippen molar-refractivity contribution in [2.45, 2.75) is 33.2 Å². The molecule has 5 nitrogen and oxygen atoms in total. The maximum absolute atomic E-state index is 12.5. The minimum atomic E-state index is -0.511. The largest absolute Gasteiger partial charge is 0.507 e. The number of aromatic hydroxyl groups is 1. The molecule has 0 aliphatic rings. The molecule has 21 heavy (non-hydrogen) atoms. The van der Waals surface area contributed by atoms with E-state index >= 15 is 0 Å². The first-order chi connectivity index (χ1) is 10.1. The molecule has 0 amide bonds. The number of fused-ring (bicyclic) bond motifs is 1. The lowest BCUT2D eigenvalue weighted by molar-refractivity contribution is -0.142. The van der Waals surface area contributed by atoms with Crippen molar-refractivity contribution in [2.24, 2.45) is 0 Å². The SMILES string of the molecule is CCCn1c(=O)c(CC(=O)OCC)c(O)c2ccccc21. The molecule has 0 aliphatic heterocycles. The molecule has 0 saturated heterocycles. The lowest BCUT2D eigenvalue weighted by atomic mass is 10.1. The van der Waals surface area contributed by atoms with Crippen LogP contribution in [0.4, 0.5) is 0 Å². The predicted octanol–water partition coefficient (Wildman–Crippen LogP) is 2.22. The van der Waals surface area contributed by atoms with E-state index in [9.17, 15) is 14.7 Å². The third-order valence-electron chi connectivity index (χ3n) is 3.31. The van der Waals surface area contributed by atoms with Crippen LogP contribution in [0.25, 0.3) is 10.9 Å². The Bertz CT molecular complexity index is 718. The van der Waals surface area contributed by atoms with Gasteiger partial charge in [0.1, 0.15) is 5.75 Å². The van der Waals surface area contributed by atoms with Gasteiger partial charge in [-0.25, -0.2) is 0 Å². The topological polar surface area (TPSA) is 68.5 Å². The van der Waals surface area contributed by atoms with E-state index in [1.807, 2.05) is 13.0 Å². The van der Waals surface area contributed by atoms with Gasteiger partial charge >= 0.3 is 5.97 Å². The molecule has 1 aromatic heterocycles. The Hall–Kier alpha value is -2.30. The highest BCUT2D eigenvalue weighted by molar-refractivity contribution is 5.88. The quantitative estimate of drug-likeness (QED) is 0.857. The Balaban J connectivity index is 2.65. The Morgan fingerprint density at radius 2 is 2.00 bits per heavy atom. The van der Waals surface area contributed by atoms with Crippen LogP contribution in [0.3, 0.4) is 0 Å². The van der Waals surface area contributed by atoms with Gasteiger partial charge in [-0.2, -0.15) is 0 Å². The Morgan fingerprint density at radius 1 is 1.29 bits per heavy atom. The highest BCUT2D eigenvalue weighted by atomic mass is 16.5. The zero-order valence-electron chi connectivity index (χ0n) is 12.3. The van der Waals surface area contributed by atoms with Crippen LogP contribution < -0.4 is 5.56 Å². The number of carbonyl (C=O) groups is 1. The molecule has 0 saturated carbocycles. The Labute approximate surface area is 122 Å². The minimum absolute atomic E-state index is 0.0978. The van der Waals surface area contributed by atoms with Gasteiger partial charge in [0.15, 0.2) is 0 Å². The summed E-state index contributed by atoms with van der Waals surface area (Å²) < 4.78 is 6.47. The zero-order valence-corrected chi connectivity index (χ0v) is 12.3. The van der Waals surface area contributed by atoms with Crippen LogP contribution >= 0.6 is 0 Å². The van der Waals surface area contributed by atoms with Gasteiger partial charge in [-0.05, 0) is 25.5 Å². The van der Waals surface area contributed by atoms with Gasteiger partial charge < -0.3 is 14.4 Å². The van der Waals surface area contributed by atoms with E-state index in [1.54, 1.807) is 29.7 Å². The third kappa shape index (κ3) is 2.91. The van der Waals surface area contributed by atoms with E-state index in [4.69, 9.17) is 4.74 Å². The molecule has 0 fully saturated rings. The number of hydrogen-bond acceptors (Lipinski definition) is 4. The van der Waals surface area contributed by atoms with Gasteiger partial charge in [-0.1, -0.05) is 19.1 Å². The normalized spacial score (nSPS) is 10.8. The number of aryl methyl sites for hydroxylation is 1. The molecule has 1 heterocycles. The van der Waals surface area contributed by atoms with Crippen molar-refractivity contribution >= 4 is 16.9 Å². The summed E-state index contributed by atoms with van der Waals surface area (Å²) in [4.78, 5) is 24.2. The smallest absolute Gasteiger partial charge is 0.310 e. The minimum Gasteiger partial charge on any atom is -0.507 e. The average Bonchev–Trinajstić information content (AvgIpc) is 2.48. The van der Waals surface area contributed by atoms with Crippen molar-refractivity contribution in [3.63, 3.8) is 0 Å². The van der Waals surface area contributed by atoms with Gasteiger partial charge in [-0.15, -0.1) is 0 Å². The number of nitrogens with zero attached hydrogens (tertiary/aromatic N) is 1. The van der Waals surface area contributed by atoms with Crippen molar-refractivity contribution in [2.75, 3.05) is 6.61 Å². The molecule has 0 unspecified atom stereocenters. The number of rotatable bonds is 5. The van der Waals surface area contributed by atoms with Crippen LogP contribution in [0.5, 0.6) is 5.75 Å². The van der Waals surface area contributed by atoms with E-state index in [1.165, 1.54) is 0 Å². The van der Waals surface area contributed by atoms with Crippen LogP contribution in [0.15, 0.2) is 29.1 Å². The number of esters is 1. The molecule has 0 spiro atoms. The summed E-state index contributed by atoms with van der Waals surface area (Å²) in [6.45, 7) is 4.46. The number of aromatic nitrogens is 1. The lowest BCUT2D eigenvalue weighted by Crippen LogP contribution is -2.26. The first-order valence-corrected chi connectivity index (χ1v) is 7.09. The summed E-state index contributed by atoms with van der Waals surface area (Å²) in [7, 11) is 0. The fourth-order valence-electron chi connectivity index (χ4n) is 2.41. The molecular formula is C16H19NO4. The molecule has 1 N–H and O–H groups in total. The monoisotopic (exact) mass is 289 g/mol. The molecule has 1 aromatic carbocycles. The fourth-order valence-corrected chi connectivity index (χ4v) is 2.41. The van der Waals surface area contributed by atoms with Crippen LogP contribution in [0.1, 0.15) is 25.8 Å². The molecular weight excluding hydrogens is 270 g/mol. The van der Waals surface area contributed by atoms with E-state index in [2.05, 4.69) is 0 Å². The van der Waals surface area contributed by atoms with Crippen molar-refractivity contribution in [3.05, 3.63) is 40.2 Å². The summed E-state index contributed by atoms with van der Waals surface area (Å²) in [5, 5.41) is 10.9. The first kappa shape index (κ1) is 15.1. The molecule has 0 aliphatic carbocycles. The van der Waals surface area contributed by atoms with Crippen LogP contribution in [-0.2, 0) is 22.5 Å². The third-order valence-corrected chi connectivity index (χ3v) is 3.31. The second-order valence-corrected chi connectivity index (χ2v) is 4.78. The van der Waals surface area contributed by atoms with Crippen LogP contribution in [0.2, 0.25) is 0 Å². The first-order valence-electron chi connectivity index (χ1n) is 7.09. The van der Waals surface area contributed by atoms with Gasteiger partial charge in [0.05, 0.1) is 24.1 Å². The second-order valence-electron chi connectivity index (χ2n) is 4.78. The predicted molar refractivity (Wildman–Crippen MR) is 80.5 cm³/mol. The highest BCUT2D eigenvalue weighted by Crippen LogP contribution is 2.26. The number of carbonyl (C=O) groups excluding carboxylic acids is 1. The summed E-state index contributed by atoms with van der Waals surface area (Å²) in [6.07, 6.45) is 0.570. The van der Waals surface area contributed by atoms with E-state index in [-0.39, 0.29) is 29.9 Å². The standard InChI is InChI=1S/C16H19NO4/c1-3-9-17-13-8-6-5-7-11(13)15(19)12(16(17)20)10-14(18)21-4-2/h5-8,19H,3-4,9-10H2,1-2H3. The fraction of sp³-hybridized carbons (Fsp3) is 0.375. The molecule has 2 aromatic rings. The average molecular weight is 289 g/mol. The molecule has 0 atom stereocenters. The van der Waals surface area contributed by atoms with Crippen molar-refractivity contribution in [3.8, 4) is 5.75 Å². The Morgan fingerprint density at radius 3 is 2.67 bits per heavy atom. The van der Waals surface area contributed by atoms with E-state index < -0.39 is 5.97 Å². The van der Waals surface area contributed by atoms with Crippen molar-refractivity contribution in [1.29, 1.82) is 0 Å². The Kier molecular flexibility index (Phi) is 4.62. The maximum atomic E-state index is 12.5. The summed E-state index contributed by atoms with van der Waals surface area (Å²) in [5.41, 5.74) is 0.441. The molecule has 2 rings (SSSR count). The van der Waals surface area contributed by atoms with E-state index in [0.717, 1.165) is 6.42 Å². The zero-order chi connectivity index (χ0) is 15.4. The van der Waals surface area contributed by atoms with Gasteiger partial charge in [0, 0.05) is 11.9 Å². The van der Waals surface area contributed by atoms with Gasteiger partial charge in [0.25, 0.3) is 5.56 Å². The number of para-hydroxylation sites is 1. The van der Waals surface area contributed by atoms with Crippen molar-refractivity contribution < 1.29 is 14.6 Å². The second kappa shape index (κ2) is 6.43. The van der Waals surface area contributed by atoms with Crippen molar-refractivity contribution in [1.82, 2.24) is 4.57 Å². The number of ether oxygens (including phenoxy) is 1. The molecule has 5 heteroatoms. The van der Waals surface area contributed by atoms with Crippen LogP contribution in [-0.4, -0.2) is 22.2 Å². The number of benzene rings is 1. The van der Waals surface area contributed by atoms with Crippen LogP contribution in [0, 0.1) is 0 Å². The molecule has 112 valence electrons. The number of hydrogen-bond donors (Lipinski definition) is 1. The van der Waals surface area contributed by atoms with Gasteiger partial charge in [0.2, 0.25) is 0 Å².